The standard InChI is InChI=1S/C23H34N6O3/c1-17(2)29-16-24-21-20(29)15-19(25-22(21)26-7-11-31-12-8-26)18-3-5-27(6-4-18)23(30)28-9-13-32-14-10-28/h15-18H,3-14H2,1-2H3. The lowest BCUT2D eigenvalue weighted by molar-refractivity contribution is 0.0411. The molecule has 0 saturated carbocycles. The number of aromatic nitrogens is 3. The van der Waals surface area contributed by atoms with Gasteiger partial charge in [-0.25, -0.2) is 14.8 Å². The molecule has 0 spiro atoms. The molecule has 3 saturated heterocycles. The van der Waals surface area contributed by atoms with Crippen LogP contribution in [-0.2, 0) is 9.47 Å². The largest absolute Gasteiger partial charge is 0.378 e. The molecule has 0 aromatic carbocycles. The van der Waals surface area contributed by atoms with Gasteiger partial charge in [-0.3, -0.25) is 0 Å². The predicted molar refractivity (Wildman–Crippen MR) is 122 cm³/mol. The summed E-state index contributed by atoms with van der Waals surface area (Å²) in [4.78, 5) is 29.0. The van der Waals surface area contributed by atoms with Gasteiger partial charge in [0.1, 0.15) is 5.52 Å². The first kappa shape index (κ1) is 21.5. The molecule has 0 N–H and O–H groups in total. The number of hydrogen-bond donors (Lipinski definition) is 0. The Hall–Kier alpha value is -2.39. The Bertz CT molecular complexity index is 941. The normalized spacial score (nSPS) is 21.0. The van der Waals surface area contributed by atoms with Crippen LogP contribution in [0.1, 0.15) is 44.3 Å². The molecular formula is C23H34N6O3. The average molecular weight is 443 g/mol. The van der Waals surface area contributed by atoms with Crippen molar-refractivity contribution in [3.63, 3.8) is 0 Å². The van der Waals surface area contributed by atoms with Crippen LogP contribution in [0, 0.1) is 0 Å². The van der Waals surface area contributed by atoms with Crippen LogP contribution in [0.25, 0.3) is 11.0 Å². The molecule has 9 nitrogen and oxygen atoms in total. The van der Waals surface area contributed by atoms with E-state index in [0.29, 0.717) is 38.3 Å². The molecule has 0 atom stereocenters. The van der Waals surface area contributed by atoms with E-state index in [9.17, 15) is 4.79 Å². The molecule has 3 aliphatic rings. The zero-order valence-corrected chi connectivity index (χ0v) is 19.2. The molecule has 9 heteroatoms. The summed E-state index contributed by atoms with van der Waals surface area (Å²) in [7, 11) is 0. The number of likely N-dealkylation sites (tertiary alicyclic amines) is 1. The van der Waals surface area contributed by atoms with E-state index in [4.69, 9.17) is 19.4 Å². The topological polar surface area (TPSA) is 76.0 Å². The minimum Gasteiger partial charge on any atom is -0.378 e. The third kappa shape index (κ3) is 4.15. The second-order valence-electron chi connectivity index (χ2n) is 9.23. The van der Waals surface area contributed by atoms with Gasteiger partial charge in [-0.2, -0.15) is 0 Å². The number of hydrogen-bond acceptors (Lipinski definition) is 6. The van der Waals surface area contributed by atoms with E-state index in [1.54, 1.807) is 0 Å². The summed E-state index contributed by atoms with van der Waals surface area (Å²) in [6.45, 7) is 11.7. The highest BCUT2D eigenvalue weighted by Gasteiger charge is 2.30. The lowest BCUT2D eigenvalue weighted by Gasteiger charge is -2.37. The first-order chi connectivity index (χ1) is 15.6. The van der Waals surface area contributed by atoms with Gasteiger partial charge in [-0.15, -0.1) is 0 Å². The third-order valence-electron chi connectivity index (χ3n) is 6.90. The van der Waals surface area contributed by atoms with Crippen molar-refractivity contribution >= 4 is 22.9 Å². The van der Waals surface area contributed by atoms with Crippen LogP contribution in [0.2, 0.25) is 0 Å². The van der Waals surface area contributed by atoms with Crippen LogP contribution in [-0.4, -0.2) is 96.1 Å². The molecule has 32 heavy (non-hydrogen) atoms. The highest BCUT2D eigenvalue weighted by atomic mass is 16.5. The number of morpholine rings is 2. The van der Waals surface area contributed by atoms with Crippen molar-refractivity contribution in [3.05, 3.63) is 18.1 Å². The molecule has 0 bridgehead atoms. The van der Waals surface area contributed by atoms with E-state index in [1.807, 2.05) is 16.1 Å². The molecule has 0 unspecified atom stereocenters. The maximum absolute atomic E-state index is 12.9. The van der Waals surface area contributed by atoms with E-state index < -0.39 is 0 Å². The Kier molecular flexibility index (Phi) is 6.19. The number of ether oxygens (including phenoxy) is 2. The molecule has 2 aromatic rings. The number of pyridine rings is 1. The van der Waals surface area contributed by atoms with E-state index in [1.165, 1.54) is 0 Å². The number of carbonyl (C=O) groups is 1. The van der Waals surface area contributed by atoms with E-state index >= 15 is 0 Å². The maximum Gasteiger partial charge on any atom is 0.320 e. The highest BCUT2D eigenvalue weighted by molar-refractivity contribution is 5.87. The fourth-order valence-corrected chi connectivity index (χ4v) is 4.97. The molecule has 0 aliphatic carbocycles. The quantitative estimate of drug-likeness (QED) is 0.727. The van der Waals surface area contributed by atoms with Crippen molar-refractivity contribution in [1.82, 2.24) is 24.3 Å². The summed E-state index contributed by atoms with van der Waals surface area (Å²) < 4.78 is 13.2. The number of urea groups is 1. The van der Waals surface area contributed by atoms with Gasteiger partial charge >= 0.3 is 6.03 Å². The molecule has 2 aromatic heterocycles. The number of piperidine rings is 1. The molecule has 3 fully saturated rings. The van der Waals surface area contributed by atoms with Gasteiger partial charge in [0.05, 0.1) is 38.3 Å². The number of imidazole rings is 1. The summed E-state index contributed by atoms with van der Waals surface area (Å²) in [5.74, 6) is 1.33. The summed E-state index contributed by atoms with van der Waals surface area (Å²) >= 11 is 0. The van der Waals surface area contributed by atoms with E-state index in [-0.39, 0.29) is 6.03 Å². The Morgan fingerprint density at radius 2 is 1.59 bits per heavy atom. The van der Waals surface area contributed by atoms with Gasteiger partial charge in [0.15, 0.2) is 5.82 Å². The molecular weight excluding hydrogens is 408 g/mol. The SMILES string of the molecule is CC(C)n1cnc2c(N3CCOCC3)nc(C3CCN(C(=O)N4CCOCC4)CC3)cc21. The Balaban J connectivity index is 1.38. The zero-order valence-electron chi connectivity index (χ0n) is 19.2. The first-order valence-corrected chi connectivity index (χ1v) is 11.9. The first-order valence-electron chi connectivity index (χ1n) is 11.9. The fourth-order valence-electron chi connectivity index (χ4n) is 4.97. The number of fused-ring (bicyclic) bond motifs is 1. The second-order valence-corrected chi connectivity index (χ2v) is 9.23. The second kappa shape index (κ2) is 9.23. The molecule has 5 rings (SSSR count). The van der Waals surface area contributed by atoms with Crippen LogP contribution < -0.4 is 4.90 Å². The van der Waals surface area contributed by atoms with E-state index in [0.717, 1.165) is 74.8 Å². The summed E-state index contributed by atoms with van der Waals surface area (Å²) in [5, 5.41) is 0. The van der Waals surface area contributed by atoms with Crippen molar-refractivity contribution in [2.24, 2.45) is 0 Å². The Morgan fingerprint density at radius 3 is 2.25 bits per heavy atom. The Labute approximate surface area is 189 Å². The van der Waals surface area contributed by atoms with Crippen molar-refractivity contribution in [2.45, 2.75) is 38.6 Å². The minimum absolute atomic E-state index is 0.155. The lowest BCUT2D eigenvalue weighted by atomic mass is 9.93. The van der Waals surface area contributed by atoms with Gasteiger partial charge in [0, 0.05) is 56.9 Å². The average Bonchev–Trinajstić information content (AvgIpc) is 3.29. The number of rotatable bonds is 3. The molecule has 5 heterocycles. The van der Waals surface area contributed by atoms with Crippen molar-refractivity contribution < 1.29 is 14.3 Å². The summed E-state index contributed by atoms with van der Waals surface area (Å²) in [6, 6.07) is 2.72. The molecule has 174 valence electrons. The molecule has 3 aliphatic heterocycles. The third-order valence-corrected chi connectivity index (χ3v) is 6.90. The Morgan fingerprint density at radius 1 is 0.969 bits per heavy atom. The van der Waals surface area contributed by atoms with Crippen LogP contribution >= 0.6 is 0 Å². The maximum atomic E-state index is 12.9. The van der Waals surface area contributed by atoms with Crippen LogP contribution in [0.4, 0.5) is 10.6 Å². The lowest BCUT2D eigenvalue weighted by Crippen LogP contribution is -2.50. The van der Waals surface area contributed by atoms with Crippen molar-refractivity contribution in [1.29, 1.82) is 0 Å². The van der Waals surface area contributed by atoms with Gasteiger partial charge in [-0.1, -0.05) is 0 Å². The molecule has 2 amide bonds. The van der Waals surface area contributed by atoms with Gasteiger partial charge < -0.3 is 28.7 Å². The fraction of sp³-hybridized carbons (Fsp3) is 0.696. The highest BCUT2D eigenvalue weighted by Crippen LogP contribution is 2.34. The monoisotopic (exact) mass is 442 g/mol. The van der Waals surface area contributed by atoms with Crippen LogP contribution in [0.3, 0.4) is 0 Å². The van der Waals surface area contributed by atoms with Gasteiger partial charge in [-0.05, 0) is 32.8 Å². The van der Waals surface area contributed by atoms with Crippen molar-refractivity contribution in [2.75, 3.05) is 70.6 Å². The number of carbonyl (C=O) groups excluding carboxylic acids is 1. The summed E-state index contributed by atoms with van der Waals surface area (Å²) in [6.07, 6.45) is 3.81. The van der Waals surface area contributed by atoms with Gasteiger partial charge in [0.2, 0.25) is 0 Å². The van der Waals surface area contributed by atoms with E-state index in [2.05, 4.69) is 29.4 Å². The molecule has 0 radical (unpaired) electrons. The van der Waals surface area contributed by atoms with Crippen LogP contribution in [0.5, 0.6) is 0 Å². The zero-order chi connectivity index (χ0) is 22.1. The number of anilines is 1. The number of nitrogens with zero attached hydrogens (tertiary/aromatic N) is 6. The predicted octanol–water partition coefficient (Wildman–Crippen LogP) is 2.48. The smallest absolute Gasteiger partial charge is 0.320 e. The van der Waals surface area contributed by atoms with Gasteiger partial charge in [0.25, 0.3) is 0 Å². The summed E-state index contributed by atoms with van der Waals surface area (Å²) in [5.41, 5.74) is 3.25. The van der Waals surface area contributed by atoms with Crippen LogP contribution in [0.15, 0.2) is 12.4 Å². The minimum atomic E-state index is 0.155. The number of amides is 2. The van der Waals surface area contributed by atoms with Crippen molar-refractivity contribution in [3.8, 4) is 0 Å².